The van der Waals surface area contributed by atoms with Gasteiger partial charge in [-0.3, -0.25) is 10.1 Å². The Morgan fingerprint density at radius 1 is 1.82 bits per heavy atom. The maximum Gasteiger partial charge on any atom is 0.321 e. The summed E-state index contributed by atoms with van der Waals surface area (Å²) in [6.45, 7) is 2.11. The molecule has 1 fully saturated rings. The van der Waals surface area contributed by atoms with Crippen LogP contribution in [0.25, 0.3) is 0 Å². The summed E-state index contributed by atoms with van der Waals surface area (Å²) >= 11 is 1.71. The molecule has 2 N–H and O–H groups in total. The van der Waals surface area contributed by atoms with Crippen molar-refractivity contribution < 1.29 is 9.90 Å². The van der Waals surface area contributed by atoms with Gasteiger partial charge in [0.25, 0.3) is 0 Å². The molecule has 0 radical (unpaired) electrons. The van der Waals surface area contributed by atoms with Crippen LogP contribution in [0.15, 0.2) is 0 Å². The van der Waals surface area contributed by atoms with E-state index in [1.54, 1.807) is 11.8 Å². The molecule has 0 aliphatic carbocycles. The zero-order chi connectivity index (χ0) is 8.27. The maximum atomic E-state index is 10.5. The molecule has 64 valence electrons. The summed E-state index contributed by atoms with van der Waals surface area (Å²) in [6.07, 6.45) is 2.17. The SMILES string of the molecule is CCCC1N[C@@H](C(=O)O)CS1. The number of hydrogen-bond acceptors (Lipinski definition) is 3. The van der Waals surface area contributed by atoms with Gasteiger partial charge in [0.2, 0.25) is 0 Å². The van der Waals surface area contributed by atoms with Crippen molar-refractivity contribution in [2.24, 2.45) is 0 Å². The normalized spacial score (nSPS) is 30.6. The van der Waals surface area contributed by atoms with Crippen LogP contribution < -0.4 is 5.32 Å². The Bertz CT molecular complexity index is 151. The number of thioether (sulfide) groups is 1. The van der Waals surface area contributed by atoms with E-state index >= 15 is 0 Å². The molecule has 0 bridgehead atoms. The largest absolute Gasteiger partial charge is 0.480 e. The third-order valence-electron chi connectivity index (χ3n) is 1.70. The van der Waals surface area contributed by atoms with Crippen LogP contribution in [-0.4, -0.2) is 28.2 Å². The van der Waals surface area contributed by atoms with Crippen molar-refractivity contribution in [3.05, 3.63) is 0 Å². The van der Waals surface area contributed by atoms with Crippen LogP contribution in [0.2, 0.25) is 0 Å². The number of aliphatic carboxylic acids is 1. The summed E-state index contributed by atoms with van der Waals surface area (Å²) in [4.78, 5) is 10.5. The van der Waals surface area contributed by atoms with Crippen LogP contribution >= 0.6 is 11.8 Å². The fraction of sp³-hybridized carbons (Fsp3) is 0.857. The lowest BCUT2D eigenvalue weighted by Gasteiger charge is -2.07. The minimum Gasteiger partial charge on any atom is -0.480 e. The highest BCUT2D eigenvalue weighted by atomic mass is 32.2. The van der Waals surface area contributed by atoms with Crippen molar-refractivity contribution in [2.75, 3.05) is 5.75 Å². The molecule has 1 aliphatic heterocycles. The van der Waals surface area contributed by atoms with Gasteiger partial charge in [-0.25, -0.2) is 0 Å². The second kappa shape index (κ2) is 3.97. The molecule has 0 aromatic heterocycles. The molecule has 1 unspecified atom stereocenters. The van der Waals surface area contributed by atoms with Gasteiger partial charge in [0.15, 0.2) is 0 Å². The minimum absolute atomic E-state index is 0.323. The highest BCUT2D eigenvalue weighted by molar-refractivity contribution is 8.00. The molecule has 2 atom stereocenters. The predicted molar refractivity (Wildman–Crippen MR) is 45.7 cm³/mol. The molecule has 11 heavy (non-hydrogen) atoms. The minimum atomic E-state index is -0.726. The molecule has 0 aromatic carbocycles. The van der Waals surface area contributed by atoms with E-state index < -0.39 is 5.97 Å². The Morgan fingerprint density at radius 3 is 3.00 bits per heavy atom. The van der Waals surface area contributed by atoms with Crippen molar-refractivity contribution >= 4 is 17.7 Å². The third-order valence-corrected chi connectivity index (χ3v) is 3.00. The van der Waals surface area contributed by atoms with E-state index in [2.05, 4.69) is 12.2 Å². The van der Waals surface area contributed by atoms with Gasteiger partial charge in [-0.15, -0.1) is 11.8 Å². The third kappa shape index (κ3) is 2.38. The number of rotatable bonds is 3. The Labute approximate surface area is 70.6 Å². The molecule has 0 saturated carbocycles. The molecule has 1 saturated heterocycles. The molecule has 1 rings (SSSR count). The van der Waals surface area contributed by atoms with Crippen LogP contribution in [0.1, 0.15) is 19.8 Å². The highest BCUT2D eigenvalue weighted by Gasteiger charge is 2.28. The summed E-state index contributed by atoms with van der Waals surface area (Å²) in [5.74, 6) is -0.0175. The quantitative estimate of drug-likeness (QED) is 0.669. The standard InChI is InChI=1S/C7H13NO2S/c1-2-3-6-8-5(4-11-6)7(9)10/h5-6,8H,2-4H2,1H3,(H,9,10)/t5-,6?/m1/s1. The Balaban J connectivity index is 2.29. The second-order valence-corrected chi connectivity index (χ2v) is 3.90. The van der Waals surface area contributed by atoms with Crippen LogP contribution in [0, 0.1) is 0 Å². The van der Waals surface area contributed by atoms with Crippen molar-refractivity contribution in [3.8, 4) is 0 Å². The maximum absolute atomic E-state index is 10.5. The predicted octanol–water partition coefficient (Wildman–Crippen LogP) is 0.902. The molecular weight excluding hydrogens is 162 g/mol. The number of carbonyl (C=O) groups is 1. The van der Waals surface area contributed by atoms with Crippen LogP contribution in [0.5, 0.6) is 0 Å². The zero-order valence-corrected chi connectivity index (χ0v) is 7.36. The number of nitrogens with one attached hydrogen (secondary N) is 1. The molecule has 0 spiro atoms. The first-order valence-electron chi connectivity index (χ1n) is 3.84. The first kappa shape index (κ1) is 8.87. The van der Waals surface area contributed by atoms with Crippen LogP contribution in [0.4, 0.5) is 0 Å². The first-order chi connectivity index (χ1) is 5.24. The molecule has 1 heterocycles. The molecular formula is C7H13NO2S. The van der Waals surface area contributed by atoms with Crippen LogP contribution in [0.3, 0.4) is 0 Å². The van der Waals surface area contributed by atoms with Crippen LogP contribution in [-0.2, 0) is 4.79 Å². The van der Waals surface area contributed by atoms with Gasteiger partial charge in [0, 0.05) is 5.75 Å². The van der Waals surface area contributed by atoms with Gasteiger partial charge in [-0.2, -0.15) is 0 Å². The average molecular weight is 175 g/mol. The van der Waals surface area contributed by atoms with Gasteiger partial charge in [-0.1, -0.05) is 13.3 Å². The van der Waals surface area contributed by atoms with E-state index in [0.717, 1.165) is 12.8 Å². The molecule has 0 aromatic rings. The van der Waals surface area contributed by atoms with E-state index in [1.165, 1.54) is 0 Å². The summed E-state index contributed by atoms with van der Waals surface area (Å²) < 4.78 is 0. The van der Waals surface area contributed by atoms with E-state index in [0.29, 0.717) is 11.1 Å². The van der Waals surface area contributed by atoms with Crippen molar-refractivity contribution in [2.45, 2.75) is 31.2 Å². The molecule has 3 nitrogen and oxygen atoms in total. The van der Waals surface area contributed by atoms with Crippen molar-refractivity contribution in [3.63, 3.8) is 0 Å². The lowest BCUT2D eigenvalue weighted by molar-refractivity contribution is -0.138. The number of carboxylic acid groups (broad SMARTS) is 1. The topological polar surface area (TPSA) is 49.3 Å². The van der Waals surface area contributed by atoms with E-state index in [1.807, 2.05) is 0 Å². The molecule has 1 aliphatic rings. The van der Waals surface area contributed by atoms with Crippen molar-refractivity contribution in [1.82, 2.24) is 5.32 Å². The van der Waals surface area contributed by atoms with Gasteiger partial charge in [0.05, 0.1) is 5.37 Å². The number of hydrogen-bond donors (Lipinski definition) is 2. The fourth-order valence-electron chi connectivity index (χ4n) is 1.10. The average Bonchev–Trinajstić information content (AvgIpc) is 2.37. The van der Waals surface area contributed by atoms with Gasteiger partial charge < -0.3 is 5.11 Å². The highest BCUT2D eigenvalue weighted by Crippen LogP contribution is 2.22. The Morgan fingerprint density at radius 2 is 2.55 bits per heavy atom. The first-order valence-corrected chi connectivity index (χ1v) is 4.89. The Hall–Kier alpha value is -0.220. The summed E-state index contributed by atoms with van der Waals surface area (Å²) in [5.41, 5.74) is 0. The van der Waals surface area contributed by atoms with Gasteiger partial charge in [0.1, 0.15) is 6.04 Å². The lowest BCUT2D eigenvalue weighted by atomic mass is 10.3. The van der Waals surface area contributed by atoms with E-state index in [-0.39, 0.29) is 6.04 Å². The smallest absolute Gasteiger partial charge is 0.321 e. The molecule has 4 heteroatoms. The Kier molecular flexibility index (Phi) is 3.20. The fourth-order valence-corrected chi connectivity index (χ4v) is 2.43. The second-order valence-electron chi connectivity index (χ2n) is 2.67. The summed E-state index contributed by atoms with van der Waals surface area (Å²) in [6, 6.07) is -0.323. The lowest BCUT2D eigenvalue weighted by Crippen LogP contribution is -2.36. The summed E-state index contributed by atoms with van der Waals surface area (Å²) in [5, 5.41) is 12.0. The number of carboxylic acids is 1. The van der Waals surface area contributed by atoms with E-state index in [4.69, 9.17) is 5.11 Å². The van der Waals surface area contributed by atoms with Crippen molar-refractivity contribution in [1.29, 1.82) is 0 Å². The van der Waals surface area contributed by atoms with Gasteiger partial charge >= 0.3 is 5.97 Å². The zero-order valence-electron chi connectivity index (χ0n) is 6.54. The summed E-state index contributed by atoms with van der Waals surface area (Å²) in [7, 11) is 0. The van der Waals surface area contributed by atoms with E-state index in [9.17, 15) is 4.79 Å². The monoisotopic (exact) mass is 175 g/mol. The molecule has 0 amide bonds. The van der Waals surface area contributed by atoms with Gasteiger partial charge in [-0.05, 0) is 6.42 Å².